The molecule has 116 valence electrons. The normalized spacial score (nSPS) is 14.5. The first-order chi connectivity index (χ1) is 10.7. The standard InChI is InChI=1S/C16H19N3O2S/c1-22-14-6-2-11(3-7-14)9-19(13-4-5-13)10-12-8-17-18-15(12)16(20)21/h2-3,6-8,13H,4-5,9-10H2,1H3,(H,17,18)(H,20,21). The number of carboxylic acid groups (broad SMARTS) is 1. The van der Waals surface area contributed by atoms with Crippen LogP contribution in [0.2, 0.25) is 0 Å². The number of aromatic amines is 1. The van der Waals surface area contributed by atoms with Crippen LogP contribution in [0.5, 0.6) is 0 Å². The molecule has 0 bridgehead atoms. The number of hydrogen-bond donors (Lipinski definition) is 2. The van der Waals surface area contributed by atoms with E-state index in [1.54, 1.807) is 18.0 Å². The minimum atomic E-state index is -0.951. The van der Waals surface area contributed by atoms with E-state index in [9.17, 15) is 9.90 Å². The predicted molar refractivity (Wildman–Crippen MR) is 86.0 cm³/mol. The second kappa shape index (κ2) is 6.54. The van der Waals surface area contributed by atoms with Gasteiger partial charge in [0.2, 0.25) is 0 Å². The van der Waals surface area contributed by atoms with Crippen LogP contribution < -0.4 is 0 Å². The van der Waals surface area contributed by atoms with Gasteiger partial charge in [-0.2, -0.15) is 5.10 Å². The number of rotatable bonds is 7. The van der Waals surface area contributed by atoms with Gasteiger partial charge in [-0.05, 0) is 36.8 Å². The van der Waals surface area contributed by atoms with Crippen LogP contribution in [0.4, 0.5) is 0 Å². The molecule has 0 atom stereocenters. The molecule has 1 heterocycles. The van der Waals surface area contributed by atoms with Gasteiger partial charge in [0, 0.05) is 29.6 Å². The van der Waals surface area contributed by atoms with Crippen molar-refractivity contribution >= 4 is 17.7 Å². The van der Waals surface area contributed by atoms with Crippen LogP contribution in [0.1, 0.15) is 34.5 Å². The lowest BCUT2D eigenvalue weighted by Gasteiger charge is -2.22. The fourth-order valence-electron chi connectivity index (χ4n) is 2.55. The molecule has 1 aromatic carbocycles. The summed E-state index contributed by atoms with van der Waals surface area (Å²) in [6.07, 6.45) is 6.06. The Morgan fingerprint density at radius 3 is 2.68 bits per heavy atom. The minimum Gasteiger partial charge on any atom is -0.477 e. The lowest BCUT2D eigenvalue weighted by Crippen LogP contribution is -2.25. The second-order valence-electron chi connectivity index (χ2n) is 5.56. The first kappa shape index (κ1) is 15.1. The second-order valence-corrected chi connectivity index (χ2v) is 6.44. The van der Waals surface area contributed by atoms with Crippen molar-refractivity contribution in [1.82, 2.24) is 15.1 Å². The van der Waals surface area contributed by atoms with Crippen LogP contribution in [0.3, 0.4) is 0 Å². The topological polar surface area (TPSA) is 69.2 Å². The van der Waals surface area contributed by atoms with E-state index in [-0.39, 0.29) is 5.69 Å². The van der Waals surface area contributed by atoms with E-state index in [1.165, 1.54) is 23.3 Å². The molecule has 1 aliphatic carbocycles. The van der Waals surface area contributed by atoms with Crippen LogP contribution in [0.25, 0.3) is 0 Å². The van der Waals surface area contributed by atoms with Crippen LogP contribution in [-0.2, 0) is 13.1 Å². The Morgan fingerprint density at radius 2 is 2.09 bits per heavy atom. The van der Waals surface area contributed by atoms with E-state index in [1.807, 2.05) is 0 Å². The minimum absolute atomic E-state index is 0.198. The summed E-state index contributed by atoms with van der Waals surface area (Å²) in [5, 5.41) is 15.6. The molecule has 0 spiro atoms. The SMILES string of the molecule is CSc1ccc(CN(Cc2cn[nH]c2C(=O)O)C2CC2)cc1. The van der Waals surface area contributed by atoms with Crippen molar-refractivity contribution in [1.29, 1.82) is 0 Å². The lowest BCUT2D eigenvalue weighted by molar-refractivity contribution is 0.0687. The van der Waals surface area contributed by atoms with E-state index in [0.29, 0.717) is 12.6 Å². The van der Waals surface area contributed by atoms with Gasteiger partial charge in [0.25, 0.3) is 0 Å². The number of aromatic nitrogens is 2. The number of nitrogens with zero attached hydrogens (tertiary/aromatic N) is 2. The third-order valence-corrected chi connectivity index (χ3v) is 4.66. The number of carboxylic acids is 1. The van der Waals surface area contributed by atoms with E-state index < -0.39 is 5.97 Å². The summed E-state index contributed by atoms with van der Waals surface area (Å²) < 4.78 is 0. The summed E-state index contributed by atoms with van der Waals surface area (Å²) in [7, 11) is 0. The van der Waals surface area contributed by atoms with Crippen molar-refractivity contribution in [2.45, 2.75) is 36.9 Å². The molecule has 1 fully saturated rings. The van der Waals surface area contributed by atoms with Gasteiger partial charge >= 0.3 is 5.97 Å². The number of nitrogens with one attached hydrogen (secondary N) is 1. The molecule has 3 rings (SSSR count). The Hall–Kier alpha value is -1.79. The van der Waals surface area contributed by atoms with Crippen molar-refractivity contribution in [3.05, 3.63) is 47.3 Å². The zero-order valence-electron chi connectivity index (χ0n) is 12.5. The maximum absolute atomic E-state index is 11.2. The molecule has 1 saturated carbocycles. The highest BCUT2D eigenvalue weighted by Crippen LogP contribution is 2.30. The molecule has 2 N–H and O–H groups in total. The van der Waals surface area contributed by atoms with Crippen molar-refractivity contribution in [3.8, 4) is 0 Å². The van der Waals surface area contributed by atoms with E-state index in [4.69, 9.17) is 0 Å². The average molecular weight is 317 g/mol. The fraction of sp³-hybridized carbons (Fsp3) is 0.375. The highest BCUT2D eigenvalue weighted by atomic mass is 32.2. The summed E-state index contributed by atoms with van der Waals surface area (Å²) in [4.78, 5) is 14.8. The third-order valence-electron chi connectivity index (χ3n) is 3.91. The molecule has 6 heteroatoms. The number of benzene rings is 1. The molecule has 1 aliphatic rings. The largest absolute Gasteiger partial charge is 0.477 e. The van der Waals surface area contributed by atoms with Crippen LogP contribution in [-0.4, -0.2) is 38.5 Å². The van der Waals surface area contributed by atoms with Crippen molar-refractivity contribution in [2.75, 3.05) is 6.26 Å². The van der Waals surface area contributed by atoms with E-state index in [2.05, 4.69) is 45.6 Å². The molecule has 0 radical (unpaired) electrons. The fourth-order valence-corrected chi connectivity index (χ4v) is 2.96. The van der Waals surface area contributed by atoms with Crippen LogP contribution in [0, 0.1) is 0 Å². The highest BCUT2D eigenvalue weighted by molar-refractivity contribution is 7.98. The van der Waals surface area contributed by atoms with Crippen LogP contribution in [0.15, 0.2) is 35.4 Å². The molecule has 0 aliphatic heterocycles. The van der Waals surface area contributed by atoms with Crippen molar-refractivity contribution in [2.24, 2.45) is 0 Å². The summed E-state index contributed by atoms with van der Waals surface area (Å²) in [5.41, 5.74) is 2.20. The van der Waals surface area contributed by atoms with Gasteiger partial charge in [-0.1, -0.05) is 12.1 Å². The van der Waals surface area contributed by atoms with Gasteiger partial charge in [0.1, 0.15) is 5.69 Å². The Morgan fingerprint density at radius 1 is 1.36 bits per heavy atom. The first-order valence-corrected chi connectivity index (χ1v) is 8.52. The van der Waals surface area contributed by atoms with Gasteiger partial charge in [-0.3, -0.25) is 10.00 Å². The quantitative estimate of drug-likeness (QED) is 0.768. The van der Waals surface area contributed by atoms with Gasteiger partial charge < -0.3 is 5.11 Å². The zero-order chi connectivity index (χ0) is 15.5. The van der Waals surface area contributed by atoms with E-state index in [0.717, 1.165) is 12.1 Å². The molecular formula is C16H19N3O2S. The molecule has 2 aromatic rings. The van der Waals surface area contributed by atoms with Crippen molar-refractivity contribution in [3.63, 3.8) is 0 Å². The third kappa shape index (κ3) is 3.51. The Bertz CT molecular complexity index is 650. The molecular weight excluding hydrogens is 298 g/mol. The average Bonchev–Trinajstić information content (AvgIpc) is 3.26. The van der Waals surface area contributed by atoms with Crippen LogP contribution >= 0.6 is 11.8 Å². The van der Waals surface area contributed by atoms with E-state index >= 15 is 0 Å². The maximum atomic E-state index is 11.2. The summed E-state index contributed by atoms with van der Waals surface area (Å²) >= 11 is 1.73. The first-order valence-electron chi connectivity index (χ1n) is 7.30. The maximum Gasteiger partial charge on any atom is 0.354 e. The zero-order valence-corrected chi connectivity index (χ0v) is 13.3. The lowest BCUT2D eigenvalue weighted by atomic mass is 10.1. The Balaban J connectivity index is 1.72. The monoisotopic (exact) mass is 317 g/mol. The Labute approximate surface area is 133 Å². The molecule has 1 aromatic heterocycles. The van der Waals surface area contributed by atoms with Gasteiger partial charge in [-0.25, -0.2) is 4.79 Å². The highest BCUT2D eigenvalue weighted by Gasteiger charge is 2.30. The predicted octanol–water partition coefficient (Wildman–Crippen LogP) is 2.99. The molecule has 5 nitrogen and oxygen atoms in total. The Kier molecular flexibility index (Phi) is 4.49. The number of H-pyrrole nitrogens is 1. The van der Waals surface area contributed by atoms with Gasteiger partial charge in [0.05, 0.1) is 6.20 Å². The van der Waals surface area contributed by atoms with Gasteiger partial charge in [0.15, 0.2) is 0 Å². The summed E-state index contributed by atoms with van der Waals surface area (Å²) in [6.45, 7) is 1.46. The molecule has 0 amide bonds. The molecule has 0 unspecified atom stereocenters. The molecule has 22 heavy (non-hydrogen) atoms. The van der Waals surface area contributed by atoms with Gasteiger partial charge in [-0.15, -0.1) is 11.8 Å². The number of carbonyl (C=O) groups is 1. The smallest absolute Gasteiger partial charge is 0.354 e. The summed E-state index contributed by atoms with van der Waals surface area (Å²) in [6, 6.07) is 9.11. The summed E-state index contributed by atoms with van der Waals surface area (Å²) in [5.74, 6) is -0.951. The number of hydrogen-bond acceptors (Lipinski definition) is 4. The molecule has 0 saturated heterocycles. The van der Waals surface area contributed by atoms with Crippen molar-refractivity contribution < 1.29 is 9.90 Å². The number of thioether (sulfide) groups is 1. The number of aromatic carboxylic acids is 1.